The summed E-state index contributed by atoms with van der Waals surface area (Å²) >= 11 is 6.17. The Kier molecular flexibility index (Phi) is 5.21. The normalized spacial score (nSPS) is 11.0. The third kappa shape index (κ3) is 4.45. The summed E-state index contributed by atoms with van der Waals surface area (Å²) in [6, 6.07) is 10.1. The van der Waals surface area contributed by atoms with E-state index >= 15 is 0 Å². The van der Waals surface area contributed by atoms with E-state index < -0.39 is 0 Å². The predicted molar refractivity (Wildman–Crippen MR) is 87.2 cm³/mol. The maximum atomic E-state index is 6.17. The third-order valence-corrected chi connectivity index (χ3v) is 3.47. The smallest absolute Gasteiger partial charge is 0.219 e. The average molecular weight is 305 g/mol. The Morgan fingerprint density at radius 1 is 1.19 bits per heavy atom. The summed E-state index contributed by atoms with van der Waals surface area (Å²) in [5.74, 6) is 1.19. The van der Waals surface area contributed by atoms with Gasteiger partial charge in [-0.25, -0.2) is 4.98 Å². The van der Waals surface area contributed by atoms with Gasteiger partial charge in [0.05, 0.1) is 5.02 Å². The van der Waals surface area contributed by atoms with Gasteiger partial charge in [-0.1, -0.05) is 37.6 Å². The summed E-state index contributed by atoms with van der Waals surface area (Å²) in [5.41, 5.74) is 3.24. The van der Waals surface area contributed by atoms with Gasteiger partial charge in [0, 0.05) is 24.3 Å². The lowest BCUT2D eigenvalue weighted by molar-refractivity contribution is 0.460. The number of nitrogens with one attached hydrogen (secondary N) is 1. The van der Waals surface area contributed by atoms with Gasteiger partial charge in [-0.15, -0.1) is 0 Å². The summed E-state index contributed by atoms with van der Waals surface area (Å²) in [4.78, 5) is 4.49. The first-order valence-electron chi connectivity index (χ1n) is 7.09. The van der Waals surface area contributed by atoms with E-state index in [-0.39, 0.29) is 0 Å². The number of aryl methyl sites for hydroxylation is 2. The van der Waals surface area contributed by atoms with Gasteiger partial charge >= 0.3 is 0 Å². The van der Waals surface area contributed by atoms with Crippen LogP contribution in [0, 0.1) is 13.8 Å². The average Bonchev–Trinajstić information content (AvgIpc) is 2.41. The highest BCUT2D eigenvalue weighted by Gasteiger charge is 2.07. The van der Waals surface area contributed by atoms with Gasteiger partial charge in [-0.2, -0.15) is 0 Å². The van der Waals surface area contributed by atoms with Gasteiger partial charge in [-0.3, -0.25) is 0 Å². The second-order valence-corrected chi connectivity index (χ2v) is 5.87. The van der Waals surface area contributed by atoms with Crippen LogP contribution >= 0.6 is 11.6 Å². The number of benzene rings is 1. The Labute approximate surface area is 131 Å². The fourth-order valence-corrected chi connectivity index (χ4v) is 2.20. The lowest BCUT2D eigenvalue weighted by Gasteiger charge is -2.12. The Morgan fingerprint density at radius 3 is 2.57 bits per heavy atom. The molecule has 1 heterocycles. The van der Waals surface area contributed by atoms with Crippen molar-refractivity contribution in [2.45, 2.75) is 40.3 Å². The summed E-state index contributed by atoms with van der Waals surface area (Å²) in [6.45, 7) is 9.04. The number of ether oxygens (including phenoxy) is 1. The van der Waals surface area contributed by atoms with Crippen molar-refractivity contribution < 1.29 is 4.74 Å². The highest BCUT2D eigenvalue weighted by atomic mass is 35.5. The Balaban J connectivity index is 2.12. The molecule has 21 heavy (non-hydrogen) atoms. The molecule has 0 radical (unpaired) electrons. The highest BCUT2D eigenvalue weighted by molar-refractivity contribution is 6.32. The molecule has 1 N–H and O–H groups in total. The molecule has 0 unspecified atom stereocenters. The maximum Gasteiger partial charge on any atom is 0.219 e. The van der Waals surface area contributed by atoms with E-state index in [0.717, 1.165) is 17.8 Å². The molecule has 0 aliphatic carbocycles. The molecule has 0 atom stereocenters. The maximum absolute atomic E-state index is 6.17. The van der Waals surface area contributed by atoms with Gasteiger partial charge in [0.25, 0.3) is 0 Å². The minimum Gasteiger partial charge on any atom is -0.437 e. The van der Waals surface area contributed by atoms with Gasteiger partial charge < -0.3 is 10.1 Å². The van der Waals surface area contributed by atoms with Crippen molar-refractivity contribution in [3.8, 4) is 11.6 Å². The lowest BCUT2D eigenvalue weighted by atomic mass is 10.2. The molecule has 0 spiro atoms. The van der Waals surface area contributed by atoms with Crippen LogP contribution in [0.3, 0.4) is 0 Å². The third-order valence-electron chi connectivity index (χ3n) is 3.17. The Hall–Kier alpha value is -1.58. The van der Waals surface area contributed by atoms with Crippen molar-refractivity contribution in [1.82, 2.24) is 10.3 Å². The zero-order valence-corrected chi connectivity index (χ0v) is 13.7. The molecule has 4 heteroatoms. The number of aromatic nitrogens is 1. The summed E-state index contributed by atoms with van der Waals surface area (Å²) in [7, 11) is 0. The second kappa shape index (κ2) is 6.92. The van der Waals surface area contributed by atoms with Crippen molar-refractivity contribution in [2.24, 2.45) is 0 Å². The van der Waals surface area contributed by atoms with E-state index in [1.165, 1.54) is 5.56 Å². The Bertz CT molecular complexity index is 626. The number of nitrogens with zero attached hydrogens (tertiary/aromatic N) is 1. The molecule has 0 fully saturated rings. The number of hydrogen-bond donors (Lipinski definition) is 1. The van der Waals surface area contributed by atoms with Crippen molar-refractivity contribution in [2.75, 3.05) is 0 Å². The number of pyridine rings is 1. The number of hydrogen-bond acceptors (Lipinski definition) is 3. The lowest BCUT2D eigenvalue weighted by Crippen LogP contribution is -2.22. The van der Waals surface area contributed by atoms with Crippen LogP contribution in [0.5, 0.6) is 11.6 Å². The number of halogens is 1. The first-order chi connectivity index (χ1) is 9.95. The fourth-order valence-electron chi connectivity index (χ4n) is 1.93. The molecule has 1 aromatic carbocycles. The molecule has 0 saturated heterocycles. The molecule has 0 saturated carbocycles. The second-order valence-electron chi connectivity index (χ2n) is 5.47. The van der Waals surface area contributed by atoms with Crippen molar-refractivity contribution >= 4 is 11.6 Å². The molecule has 2 aromatic rings. The zero-order chi connectivity index (χ0) is 15.4. The molecule has 0 bridgehead atoms. The quantitative estimate of drug-likeness (QED) is 0.873. The van der Waals surface area contributed by atoms with Gasteiger partial charge in [0.2, 0.25) is 5.88 Å². The topological polar surface area (TPSA) is 34.1 Å². The van der Waals surface area contributed by atoms with Crippen LogP contribution in [0.15, 0.2) is 30.3 Å². The first-order valence-corrected chi connectivity index (χ1v) is 7.47. The highest BCUT2D eigenvalue weighted by Crippen LogP contribution is 2.29. The first kappa shape index (κ1) is 15.8. The van der Waals surface area contributed by atoms with Crippen LogP contribution in [0.1, 0.15) is 30.7 Å². The summed E-state index contributed by atoms with van der Waals surface area (Å²) < 4.78 is 5.76. The minimum absolute atomic E-state index is 0.451. The van der Waals surface area contributed by atoms with E-state index in [0.29, 0.717) is 22.7 Å². The van der Waals surface area contributed by atoms with Crippen LogP contribution in [0.4, 0.5) is 0 Å². The predicted octanol–water partition coefficient (Wildman–Crippen LogP) is 4.64. The van der Waals surface area contributed by atoms with Gasteiger partial charge in [0.15, 0.2) is 0 Å². The zero-order valence-electron chi connectivity index (χ0n) is 12.9. The van der Waals surface area contributed by atoms with E-state index in [1.807, 2.05) is 44.2 Å². The molecular formula is C17H21ClN2O. The summed E-state index contributed by atoms with van der Waals surface area (Å²) in [6.07, 6.45) is 0. The van der Waals surface area contributed by atoms with E-state index in [4.69, 9.17) is 16.3 Å². The van der Waals surface area contributed by atoms with Crippen molar-refractivity contribution in [3.63, 3.8) is 0 Å². The molecule has 1 aromatic heterocycles. The molecule has 112 valence electrons. The van der Waals surface area contributed by atoms with Gasteiger partial charge in [0.1, 0.15) is 5.75 Å². The van der Waals surface area contributed by atoms with E-state index in [2.05, 4.69) is 24.1 Å². The standard InChI is InChI=1S/C17H21ClN2O/c1-11(2)19-10-14-6-8-17(20-13(14)4)21-16-7-5-12(3)9-15(16)18/h5-9,11,19H,10H2,1-4H3. The van der Waals surface area contributed by atoms with Crippen LogP contribution in [-0.4, -0.2) is 11.0 Å². The molecule has 0 aliphatic rings. The van der Waals surface area contributed by atoms with Crippen LogP contribution in [0.25, 0.3) is 0 Å². The van der Waals surface area contributed by atoms with Crippen molar-refractivity contribution in [3.05, 3.63) is 52.2 Å². The molecule has 2 rings (SSSR count). The van der Waals surface area contributed by atoms with Crippen molar-refractivity contribution in [1.29, 1.82) is 0 Å². The SMILES string of the molecule is Cc1ccc(Oc2ccc(CNC(C)C)c(C)n2)c(Cl)c1. The van der Waals surface area contributed by atoms with E-state index in [1.54, 1.807) is 0 Å². The van der Waals surface area contributed by atoms with Crippen LogP contribution < -0.4 is 10.1 Å². The largest absolute Gasteiger partial charge is 0.437 e. The molecule has 0 amide bonds. The minimum atomic E-state index is 0.451. The number of rotatable bonds is 5. The molecule has 3 nitrogen and oxygen atoms in total. The monoisotopic (exact) mass is 304 g/mol. The molecular weight excluding hydrogens is 284 g/mol. The Morgan fingerprint density at radius 2 is 1.95 bits per heavy atom. The van der Waals surface area contributed by atoms with E-state index in [9.17, 15) is 0 Å². The molecule has 0 aliphatic heterocycles. The fraction of sp³-hybridized carbons (Fsp3) is 0.353. The van der Waals surface area contributed by atoms with Crippen LogP contribution in [-0.2, 0) is 6.54 Å². The van der Waals surface area contributed by atoms with Crippen LogP contribution in [0.2, 0.25) is 5.02 Å². The summed E-state index contributed by atoms with van der Waals surface area (Å²) in [5, 5.41) is 3.98. The van der Waals surface area contributed by atoms with Gasteiger partial charge in [-0.05, 0) is 37.1 Å².